The van der Waals surface area contributed by atoms with Crippen molar-refractivity contribution in [2.75, 3.05) is 20.6 Å². The summed E-state index contributed by atoms with van der Waals surface area (Å²) in [6.45, 7) is 2.90. The standard InChI is InChI=1S/C7H17NO/c1-4-5-6-7-8(2,3)9/h4-7H2,1-3H3. The Bertz CT molecular complexity index is 65.8. The Balaban J connectivity index is 3.07. The van der Waals surface area contributed by atoms with Gasteiger partial charge in [-0.05, 0) is 12.8 Å². The zero-order valence-electron chi connectivity index (χ0n) is 6.68. The van der Waals surface area contributed by atoms with Crippen molar-refractivity contribution >= 4 is 0 Å². The third-order valence-electron chi connectivity index (χ3n) is 1.30. The lowest BCUT2D eigenvalue weighted by molar-refractivity contribution is -0.840. The molecule has 0 N–H and O–H groups in total. The first-order valence-electron chi connectivity index (χ1n) is 3.60. The van der Waals surface area contributed by atoms with Crippen LogP contribution in [-0.2, 0) is 0 Å². The van der Waals surface area contributed by atoms with Gasteiger partial charge in [0, 0.05) is 0 Å². The van der Waals surface area contributed by atoms with E-state index in [1.807, 2.05) is 0 Å². The number of hydroxylamine groups is 3. The fraction of sp³-hybridized carbons (Fsp3) is 1.00. The molecule has 0 saturated heterocycles. The van der Waals surface area contributed by atoms with Crippen LogP contribution in [0.15, 0.2) is 0 Å². The predicted molar refractivity (Wildman–Crippen MR) is 39.9 cm³/mol. The van der Waals surface area contributed by atoms with E-state index in [1.54, 1.807) is 14.1 Å². The van der Waals surface area contributed by atoms with Crippen molar-refractivity contribution in [2.45, 2.75) is 26.2 Å². The van der Waals surface area contributed by atoms with E-state index in [4.69, 9.17) is 0 Å². The van der Waals surface area contributed by atoms with Gasteiger partial charge in [0.15, 0.2) is 0 Å². The summed E-state index contributed by atoms with van der Waals surface area (Å²) in [5, 5.41) is 10.9. The Kier molecular flexibility index (Phi) is 3.82. The Hall–Kier alpha value is -0.0800. The van der Waals surface area contributed by atoms with E-state index in [0.717, 1.165) is 13.0 Å². The molecule has 0 heterocycles. The molecule has 0 aromatic heterocycles. The number of unbranched alkanes of at least 4 members (excludes halogenated alkanes) is 2. The van der Waals surface area contributed by atoms with E-state index in [1.165, 1.54) is 12.8 Å². The summed E-state index contributed by atoms with van der Waals surface area (Å²) in [6, 6.07) is 0. The summed E-state index contributed by atoms with van der Waals surface area (Å²) in [5.41, 5.74) is 0. The molecule has 0 atom stereocenters. The van der Waals surface area contributed by atoms with Crippen LogP contribution in [0.4, 0.5) is 0 Å². The highest BCUT2D eigenvalue weighted by molar-refractivity contribution is 4.36. The van der Waals surface area contributed by atoms with Gasteiger partial charge in [-0.1, -0.05) is 13.3 Å². The van der Waals surface area contributed by atoms with Crippen LogP contribution in [0.2, 0.25) is 0 Å². The number of quaternary nitrogens is 1. The quantitative estimate of drug-likeness (QED) is 0.324. The highest BCUT2D eigenvalue weighted by Gasteiger charge is 1.98. The van der Waals surface area contributed by atoms with Gasteiger partial charge in [-0.3, -0.25) is 0 Å². The van der Waals surface area contributed by atoms with Crippen LogP contribution in [0.5, 0.6) is 0 Å². The second kappa shape index (κ2) is 3.85. The number of nitrogens with zero attached hydrogens (tertiary/aromatic N) is 1. The molecule has 0 aliphatic carbocycles. The highest BCUT2D eigenvalue weighted by atomic mass is 16.5. The summed E-state index contributed by atoms with van der Waals surface area (Å²) >= 11 is 0. The van der Waals surface area contributed by atoms with Crippen LogP contribution < -0.4 is 0 Å². The van der Waals surface area contributed by atoms with Crippen LogP contribution in [0, 0.1) is 5.21 Å². The third kappa shape index (κ3) is 7.92. The molecular weight excluding hydrogens is 114 g/mol. The van der Waals surface area contributed by atoms with E-state index >= 15 is 0 Å². The van der Waals surface area contributed by atoms with Gasteiger partial charge in [0.25, 0.3) is 0 Å². The molecule has 0 amide bonds. The van der Waals surface area contributed by atoms with E-state index in [9.17, 15) is 5.21 Å². The van der Waals surface area contributed by atoms with Gasteiger partial charge in [-0.2, -0.15) is 0 Å². The number of rotatable bonds is 4. The van der Waals surface area contributed by atoms with Gasteiger partial charge in [0.05, 0.1) is 20.6 Å². The predicted octanol–water partition coefficient (Wildman–Crippen LogP) is 1.75. The zero-order valence-corrected chi connectivity index (χ0v) is 6.68. The van der Waals surface area contributed by atoms with Gasteiger partial charge in [-0.25, -0.2) is 0 Å². The maximum absolute atomic E-state index is 10.9. The number of hydrogen-bond acceptors (Lipinski definition) is 1. The lowest BCUT2D eigenvalue weighted by Gasteiger charge is -2.33. The summed E-state index contributed by atoms with van der Waals surface area (Å²) < 4.78 is -0.139. The molecule has 0 saturated carbocycles. The van der Waals surface area contributed by atoms with E-state index in [0.29, 0.717) is 0 Å². The molecule has 0 aromatic carbocycles. The van der Waals surface area contributed by atoms with Crippen molar-refractivity contribution in [3.05, 3.63) is 5.21 Å². The summed E-state index contributed by atoms with van der Waals surface area (Å²) in [6.07, 6.45) is 3.44. The Labute approximate surface area is 57.6 Å². The normalized spacial score (nSPS) is 12.0. The molecule has 56 valence electrons. The van der Waals surface area contributed by atoms with Crippen molar-refractivity contribution in [1.82, 2.24) is 0 Å². The van der Waals surface area contributed by atoms with Crippen LogP contribution in [-0.4, -0.2) is 25.3 Å². The van der Waals surface area contributed by atoms with Crippen LogP contribution in [0.3, 0.4) is 0 Å². The zero-order chi connectivity index (χ0) is 7.33. The topological polar surface area (TPSA) is 23.1 Å². The average Bonchev–Trinajstić information content (AvgIpc) is 1.63. The van der Waals surface area contributed by atoms with Gasteiger partial charge in [0.1, 0.15) is 0 Å². The maximum atomic E-state index is 10.9. The Morgan fingerprint density at radius 1 is 1.22 bits per heavy atom. The van der Waals surface area contributed by atoms with Crippen LogP contribution in [0.1, 0.15) is 26.2 Å². The van der Waals surface area contributed by atoms with E-state index in [-0.39, 0.29) is 4.65 Å². The molecule has 0 fully saturated rings. The monoisotopic (exact) mass is 131 g/mol. The molecule has 0 radical (unpaired) electrons. The van der Waals surface area contributed by atoms with Crippen molar-refractivity contribution < 1.29 is 4.65 Å². The lowest BCUT2D eigenvalue weighted by atomic mass is 10.2. The maximum Gasteiger partial charge on any atom is 0.0779 e. The minimum absolute atomic E-state index is 0.139. The molecule has 0 unspecified atom stereocenters. The molecule has 0 spiro atoms. The van der Waals surface area contributed by atoms with E-state index < -0.39 is 0 Å². The molecule has 0 aliphatic rings. The van der Waals surface area contributed by atoms with Gasteiger partial charge in [-0.15, -0.1) is 0 Å². The van der Waals surface area contributed by atoms with Crippen LogP contribution in [0.25, 0.3) is 0 Å². The van der Waals surface area contributed by atoms with Gasteiger partial charge < -0.3 is 9.85 Å². The first kappa shape index (κ1) is 8.92. The fourth-order valence-corrected chi connectivity index (χ4v) is 0.743. The fourth-order valence-electron chi connectivity index (χ4n) is 0.743. The second-order valence-electron chi connectivity index (χ2n) is 3.00. The summed E-state index contributed by atoms with van der Waals surface area (Å²) in [5.74, 6) is 0. The van der Waals surface area contributed by atoms with Crippen molar-refractivity contribution in [2.24, 2.45) is 0 Å². The van der Waals surface area contributed by atoms with E-state index in [2.05, 4.69) is 6.92 Å². The molecule has 9 heavy (non-hydrogen) atoms. The highest BCUT2D eigenvalue weighted by Crippen LogP contribution is 1.99. The smallest absolute Gasteiger partial charge is 0.0779 e. The Morgan fingerprint density at radius 3 is 2.11 bits per heavy atom. The van der Waals surface area contributed by atoms with Crippen molar-refractivity contribution in [3.63, 3.8) is 0 Å². The lowest BCUT2D eigenvalue weighted by Crippen LogP contribution is -2.32. The number of hydrogen-bond donors (Lipinski definition) is 0. The average molecular weight is 131 g/mol. The third-order valence-corrected chi connectivity index (χ3v) is 1.30. The van der Waals surface area contributed by atoms with Crippen LogP contribution >= 0.6 is 0 Å². The summed E-state index contributed by atoms with van der Waals surface area (Å²) in [7, 11) is 3.38. The molecular formula is C7H17NO. The van der Waals surface area contributed by atoms with Gasteiger partial charge >= 0.3 is 0 Å². The minimum atomic E-state index is -0.139. The van der Waals surface area contributed by atoms with Gasteiger partial charge in [0.2, 0.25) is 0 Å². The summed E-state index contributed by atoms with van der Waals surface area (Å²) in [4.78, 5) is 0. The molecule has 0 aliphatic heterocycles. The molecule has 0 aromatic rings. The largest absolute Gasteiger partial charge is 0.633 e. The molecule has 2 nitrogen and oxygen atoms in total. The molecule has 2 heteroatoms. The van der Waals surface area contributed by atoms with Crippen molar-refractivity contribution in [1.29, 1.82) is 0 Å². The molecule has 0 rings (SSSR count). The SMILES string of the molecule is CCCCC[N+](C)(C)[O-]. The second-order valence-corrected chi connectivity index (χ2v) is 3.00. The minimum Gasteiger partial charge on any atom is -0.633 e. The molecule has 0 bridgehead atoms. The van der Waals surface area contributed by atoms with Crippen molar-refractivity contribution in [3.8, 4) is 0 Å². The first-order chi connectivity index (χ1) is 4.06. The first-order valence-corrected chi connectivity index (χ1v) is 3.60. The Morgan fingerprint density at radius 2 is 1.78 bits per heavy atom.